The summed E-state index contributed by atoms with van der Waals surface area (Å²) in [6.45, 7) is 0.768. The van der Waals surface area contributed by atoms with Crippen LogP contribution in [0.2, 0.25) is 5.02 Å². The van der Waals surface area contributed by atoms with Crippen LogP contribution in [0.1, 0.15) is 16.8 Å². The number of carbonyl (C=O) groups excluding carboxylic acids is 1. The van der Waals surface area contributed by atoms with Crippen LogP contribution in [-0.4, -0.2) is 34.5 Å². The van der Waals surface area contributed by atoms with Crippen molar-refractivity contribution in [3.63, 3.8) is 0 Å². The number of pyridine rings is 1. The monoisotopic (exact) mass is 441 g/mol. The molecule has 1 aliphatic rings. The maximum absolute atomic E-state index is 12.7. The highest BCUT2D eigenvalue weighted by atomic mass is 35.5. The van der Waals surface area contributed by atoms with Crippen molar-refractivity contribution in [1.82, 2.24) is 4.98 Å². The number of methoxy groups -OCH3 is 1. The number of benzene rings is 2. The average molecular weight is 442 g/mol. The molecule has 1 aromatic heterocycles. The Hall–Kier alpha value is -2.90. The molecule has 0 bridgehead atoms. The zero-order valence-electron chi connectivity index (χ0n) is 16.3. The van der Waals surface area contributed by atoms with Gasteiger partial charge >= 0.3 is 0 Å². The highest BCUT2D eigenvalue weighted by molar-refractivity contribution is 7.86. The van der Waals surface area contributed by atoms with Gasteiger partial charge in [-0.15, -0.1) is 0 Å². The lowest BCUT2D eigenvalue weighted by atomic mass is 10.1. The van der Waals surface area contributed by atoms with Crippen molar-refractivity contribution in [3.05, 3.63) is 71.4 Å². The van der Waals surface area contributed by atoms with E-state index in [1.165, 1.54) is 0 Å². The van der Waals surface area contributed by atoms with E-state index in [9.17, 15) is 9.00 Å². The van der Waals surface area contributed by atoms with E-state index in [-0.39, 0.29) is 5.91 Å². The van der Waals surface area contributed by atoms with Crippen molar-refractivity contribution in [1.29, 1.82) is 0 Å². The lowest BCUT2D eigenvalue weighted by Crippen LogP contribution is -2.19. The summed E-state index contributed by atoms with van der Waals surface area (Å²) < 4.78 is 19.1. The second-order valence-corrected chi connectivity index (χ2v) is 8.66. The second-order valence-electron chi connectivity index (χ2n) is 6.76. The van der Waals surface area contributed by atoms with Gasteiger partial charge in [0.25, 0.3) is 5.91 Å². The first-order valence-corrected chi connectivity index (χ1v) is 11.1. The Balaban J connectivity index is 1.52. The smallest absolute Gasteiger partial charge is 0.255 e. The molecule has 1 unspecified atom stereocenters. The van der Waals surface area contributed by atoms with Crippen molar-refractivity contribution in [2.75, 3.05) is 29.0 Å². The Bertz CT molecular complexity index is 1110. The fourth-order valence-corrected chi connectivity index (χ4v) is 4.76. The number of nitrogens with zero attached hydrogens (tertiary/aromatic N) is 2. The van der Waals surface area contributed by atoms with Crippen LogP contribution in [0.5, 0.6) is 5.75 Å². The molecule has 1 saturated heterocycles. The van der Waals surface area contributed by atoms with Gasteiger partial charge in [0.1, 0.15) is 16.7 Å². The Morgan fingerprint density at radius 1 is 1.17 bits per heavy atom. The molecule has 1 fully saturated rings. The molecule has 0 aliphatic carbocycles. The average Bonchev–Trinajstić information content (AvgIpc) is 3.21. The molecule has 4 rings (SSSR count). The van der Waals surface area contributed by atoms with Crippen LogP contribution in [0.3, 0.4) is 0 Å². The minimum Gasteiger partial charge on any atom is -0.497 e. The highest BCUT2D eigenvalue weighted by Gasteiger charge is 2.20. The predicted octanol–water partition coefficient (Wildman–Crippen LogP) is 4.54. The summed E-state index contributed by atoms with van der Waals surface area (Å²) in [5.41, 5.74) is 3.33. The van der Waals surface area contributed by atoms with E-state index in [0.717, 1.165) is 18.7 Å². The van der Waals surface area contributed by atoms with Gasteiger partial charge in [0, 0.05) is 47.1 Å². The van der Waals surface area contributed by atoms with Crippen molar-refractivity contribution >= 4 is 39.9 Å². The van der Waals surface area contributed by atoms with E-state index in [4.69, 9.17) is 16.3 Å². The molecule has 1 aliphatic heterocycles. The van der Waals surface area contributed by atoms with E-state index < -0.39 is 11.0 Å². The van der Waals surface area contributed by atoms with Crippen LogP contribution in [0.25, 0.3) is 11.3 Å². The second kappa shape index (κ2) is 8.85. The molecule has 6 nitrogen and oxygen atoms in total. The molecule has 2 heterocycles. The van der Waals surface area contributed by atoms with Gasteiger partial charge in [-0.25, -0.2) is 4.21 Å². The lowest BCUT2D eigenvalue weighted by molar-refractivity contribution is 0.102. The fourth-order valence-electron chi connectivity index (χ4n) is 3.26. The van der Waals surface area contributed by atoms with Gasteiger partial charge in [0.15, 0.2) is 0 Å². The summed E-state index contributed by atoms with van der Waals surface area (Å²) in [7, 11) is 0.607. The molecule has 1 N–H and O–H groups in total. The SMILES string of the molecule is COc1ccnc(-c2cc(NC(=O)c3ccc(N4CCCS4=O)cc3)ccc2Cl)c1. The highest BCUT2D eigenvalue weighted by Crippen LogP contribution is 2.31. The van der Waals surface area contributed by atoms with E-state index >= 15 is 0 Å². The maximum atomic E-state index is 12.7. The molecule has 1 atom stereocenters. The summed E-state index contributed by atoms with van der Waals surface area (Å²) in [5.74, 6) is 1.11. The quantitative estimate of drug-likeness (QED) is 0.631. The minimum absolute atomic E-state index is 0.240. The van der Waals surface area contributed by atoms with Crippen molar-refractivity contribution < 1.29 is 13.7 Å². The minimum atomic E-state index is -0.981. The third-order valence-electron chi connectivity index (χ3n) is 4.81. The van der Waals surface area contributed by atoms with Crippen LogP contribution >= 0.6 is 11.6 Å². The Morgan fingerprint density at radius 2 is 1.97 bits per heavy atom. The largest absolute Gasteiger partial charge is 0.497 e. The summed E-state index contributed by atoms with van der Waals surface area (Å²) in [4.78, 5) is 17.0. The number of aromatic nitrogens is 1. The summed E-state index contributed by atoms with van der Waals surface area (Å²) in [5, 5.41) is 3.42. The van der Waals surface area contributed by atoms with Crippen molar-refractivity contribution in [2.45, 2.75) is 6.42 Å². The lowest BCUT2D eigenvalue weighted by Gasteiger charge is -2.16. The normalized spacial score (nSPS) is 15.8. The van der Waals surface area contributed by atoms with Crippen LogP contribution in [0, 0.1) is 0 Å². The van der Waals surface area contributed by atoms with E-state index in [1.54, 1.807) is 55.8 Å². The van der Waals surface area contributed by atoms with Crippen LogP contribution in [0.15, 0.2) is 60.8 Å². The number of halogens is 1. The fraction of sp³-hybridized carbons (Fsp3) is 0.182. The van der Waals surface area contributed by atoms with Gasteiger partial charge in [0.2, 0.25) is 0 Å². The van der Waals surface area contributed by atoms with Gasteiger partial charge in [-0.05, 0) is 55.0 Å². The summed E-state index contributed by atoms with van der Waals surface area (Å²) in [6, 6.07) is 15.9. The molecule has 0 spiro atoms. The Labute approximate surface area is 182 Å². The zero-order valence-corrected chi connectivity index (χ0v) is 17.9. The number of nitrogens with one attached hydrogen (secondary N) is 1. The number of carbonyl (C=O) groups is 1. The van der Waals surface area contributed by atoms with E-state index in [2.05, 4.69) is 10.3 Å². The van der Waals surface area contributed by atoms with E-state index in [0.29, 0.717) is 39.0 Å². The number of hydrogen-bond acceptors (Lipinski definition) is 4. The molecule has 3 aromatic rings. The molecule has 8 heteroatoms. The molecule has 30 heavy (non-hydrogen) atoms. The zero-order chi connectivity index (χ0) is 21.1. The molecular weight excluding hydrogens is 422 g/mol. The molecule has 2 aromatic carbocycles. The van der Waals surface area contributed by atoms with Gasteiger partial charge in [-0.3, -0.25) is 14.1 Å². The van der Waals surface area contributed by atoms with Crippen molar-refractivity contribution in [3.8, 4) is 17.0 Å². The first kappa shape index (κ1) is 20.4. The Morgan fingerprint density at radius 3 is 2.67 bits per heavy atom. The molecule has 0 saturated carbocycles. The standard InChI is InChI=1S/C22H20ClN3O3S/c1-29-18-9-10-24-21(14-18)19-13-16(5-8-20(19)23)25-22(27)15-3-6-17(7-4-15)26-11-2-12-30(26)28/h3-10,13-14H,2,11-12H2,1H3,(H,25,27). The Kier molecular flexibility index (Phi) is 6.01. The first-order valence-electron chi connectivity index (χ1n) is 9.42. The topological polar surface area (TPSA) is 71.5 Å². The third-order valence-corrected chi connectivity index (χ3v) is 6.66. The van der Waals surface area contributed by atoms with Crippen LogP contribution in [-0.2, 0) is 11.0 Å². The van der Waals surface area contributed by atoms with Crippen molar-refractivity contribution in [2.24, 2.45) is 0 Å². The third kappa shape index (κ3) is 4.32. The van der Waals surface area contributed by atoms with Gasteiger partial charge in [0.05, 0.1) is 17.8 Å². The molecule has 0 radical (unpaired) electrons. The number of anilines is 2. The van der Waals surface area contributed by atoms with Gasteiger partial charge in [-0.1, -0.05) is 11.6 Å². The number of hydrogen-bond donors (Lipinski definition) is 1. The molecule has 1 amide bonds. The van der Waals surface area contributed by atoms with Crippen LogP contribution in [0.4, 0.5) is 11.4 Å². The molecule has 154 valence electrons. The number of amides is 1. The molecular formula is C22H20ClN3O3S. The van der Waals surface area contributed by atoms with Crippen LogP contribution < -0.4 is 14.4 Å². The van der Waals surface area contributed by atoms with Gasteiger partial charge in [-0.2, -0.15) is 0 Å². The number of rotatable bonds is 5. The van der Waals surface area contributed by atoms with Gasteiger partial charge < -0.3 is 10.1 Å². The first-order chi connectivity index (χ1) is 14.5. The summed E-state index contributed by atoms with van der Waals surface area (Å²) >= 11 is 6.35. The summed E-state index contributed by atoms with van der Waals surface area (Å²) in [6.07, 6.45) is 2.56. The maximum Gasteiger partial charge on any atom is 0.255 e. The predicted molar refractivity (Wildman–Crippen MR) is 121 cm³/mol. The van der Waals surface area contributed by atoms with E-state index in [1.807, 2.05) is 16.4 Å². The number of ether oxygens (including phenoxy) is 1.